The van der Waals surface area contributed by atoms with E-state index in [-0.39, 0.29) is 5.56 Å². The highest BCUT2D eigenvalue weighted by Gasteiger charge is 2.27. The fourth-order valence-electron chi connectivity index (χ4n) is 2.04. The van der Waals surface area contributed by atoms with Gasteiger partial charge < -0.3 is 4.74 Å². The van der Waals surface area contributed by atoms with E-state index in [1.54, 1.807) is 7.05 Å². The number of halogens is 3. The highest BCUT2D eigenvalue weighted by Crippen LogP contribution is 2.33. The summed E-state index contributed by atoms with van der Waals surface area (Å²) in [5.74, 6) is 4.42. The molecule has 1 atom stereocenters. The molecule has 108 valence electrons. The molecule has 0 fully saturated rings. The maximum absolute atomic E-state index is 14.1. The number of hydrogen-bond donors (Lipinski definition) is 2. The van der Waals surface area contributed by atoms with Crippen LogP contribution in [0.5, 0.6) is 5.75 Å². The molecule has 0 aliphatic carbocycles. The molecule has 20 heavy (non-hydrogen) atoms. The summed E-state index contributed by atoms with van der Waals surface area (Å²) in [6.07, 6.45) is 1.45. The minimum atomic E-state index is -0.925. The van der Waals surface area contributed by atoms with Crippen molar-refractivity contribution in [1.29, 1.82) is 0 Å². The molecule has 0 aliphatic heterocycles. The fourth-order valence-corrected chi connectivity index (χ4v) is 2.44. The van der Waals surface area contributed by atoms with E-state index in [2.05, 4.69) is 26.5 Å². The summed E-state index contributed by atoms with van der Waals surface area (Å²) in [5.41, 5.74) is 2.63. The number of hydrazine groups is 1. The van der Waals surface area contributed by atoms with Gasteiger partial charge in [-0.3, -0.25) is 10.5 Å². The highest BCUT2D eigenvalue weighted by atomic mass is 79.9. The number of aryl methyl sites for hydroxylation is 1. The van der Waals surface area contributed by atoms with Crippen LogP contribution in [0, 0.1) is 11.6 Å². The quantitative estimate of drug-likeness (QED) is 0.656. The molecule has 3 N–H and O–H groups in total. The van der Waals surface area contributed by atoms with Gasteiger partial charge in [-0.2, -0.15) is 5.10 Å². The van der Waals surface area contributed by atoms with E-state index in [1.165, 1.54) is 30.1 Å². The van der Waals surface area contributed by atoms with Crippen LogP contribution in [0.25, 0.3) is 0 Å². The molecule has 0 radical (unpaired) electrons. The van der Waals surface area contributed by atoms with Crippen molar-refractivity contribution in [2.24, 2.45) is 12.9 Å². The van der Waals surface area contributed by atoms with Crippen LogP contribution >= 0.6 is 15.9 Å². The van der Waals surface area contributed by atoms with Gasteiger partial charge in [0.05, 0.1) is 19.3 Å². The van der Waals surface area contributed by atoms with Crippen LogP contribution in [-0.4, -0.2) is 16.9 Å². The second kappa shape index (κ2) is 5.86. The van der Waals surface area contributed by atoms with Gasteiger partial charge in [-0.1, -0.05) is 15.9 Å². The maximum Gasteiger partial charge on any atom is 0.161 e. The molecule has 1 unspecified atom stereocenters. The molecule has 0 spiro atoms. The van der Waals surface area contributed by atoms with E-state index >= 15 is 0 Å². The number of benzene rings is 1. The predicted molar refractivity (Wildman–Crippen MR) is 73.0 cm³/mol. The van der Waals surface area contributed by atoms with E-state index < -0.39 is 17.7 Å². The molecule has 8 heteroatoms. The lowest BCUT2D eigenvalue weighted by Gasteiger charge is -2.19. The van der Waals surface area contributed by atoms with Crippen molar-refractivity contribution < 1.29 is 13.5 Å². The Hall–Kier alpha value is -1.51. The van der Waals surface area contributed by atoms with Crippen LogP contribution in [0.4, 0.5) is 8.78 Å². The lowest BCUT2D eigenvalue weighted by Crippen LogP contribution is -2.32. The van der Waals surface area contributed by atoms with Crippen LogP contribution in [0.2, 0.25) is 0 Å². The van der Waals surface area contributed by atoms with Crippen molar-refractivity contribution in [2.75, 3.05) is 7.11 Å². The van der Waals surface area contributed by atoms with Crippen LogP contribution in [-0.2, 0) is 7.05 Å². The minimum Gasteiger partial charge on any atom is -0.493 e. The summed E-state index contributed by atoms with van der Waals surface area (Å²) >= 11 is 3.04. The summed E-state index contributed by atoms with van der Waals surface area (Å²) in [4.78, 5) is 0. The molecule has 0 aliphatic rings. The Labute approximate surface area is 122 Å². The van der Waals surface area contributed by atoms with E-state index in [1.807, 2.05) is 0 Å². The van der Waals surface area contributed by atoms with Crippen molar-refractivity contribution in [3.8, 4) is 5.75 Å². The number of ether oxygens (including phenoxy) is 1. The van der Waals surface area contributed by atoms with Crippen LogP contribution < -0.4 is 16.0 Å². The van der Waals surface area contributed by atoms with Gasteiger partial charge in [0.25, 0.3) is 0 Å². The second-order valence-electron chi connectivity index (χ2n) is 4.10. The van der Waals surface area contributed by atoms with Gasteiger partial charge in [-0.25, -0.2) is 14.2 Å². The van der Waals surface area contributed by atoms with Crippen LogP contribution in [0.1, 0.15) is 17.3 Å². The summed E-state index contributed by atoms with van der Waals surface area (Å²) in [6, 6.07) is 1.42. The number of nitrogens with one attached hydrogen (secondary N) is 1. The number of nitrogens with zero attached hydrogens (tertiary/aromatic N) is 2. The van der Waals surface area contributed by atoms with Gasteiger partial charge in [-0.05, 0) is 12.1 Å². The van der Waals surface area contributed by atoms with Crippen molar-refractivity contribution in [3.63, 3.8) is 0 Å². The van der Waals surface area contributed by atoms with Gasteiger partial charge in [0, 0.05) is 17.1 Å². The molecule has 0 saturated carbocycles. The Morgan fingerprint density at radius 2 is 2.00 bits per heavy atom. The standard InChI is InChI=1S/C12H13BrF2N4O/c1-19-12(9(20-2)5-17-19)11(18-16)10-7(14)3-6(13)4-8(10)15/h3-5,11,18H,16H2,1-2H3. The van der Waals surface area contributed by atoms with Gasteiger partial charge >= 0.3 is 0 Å². The molecular weight excluding hydrogens is 334 g/mol. The number of rotatable bonds is 4. The molecule has 0 amide bonds. The summed E-state index contributed by atoms with van der Waals surface area (Å²) < 4.78 is 35.0. The lowest BCUT2D eigenvalue weighted by molar-refractivity contribution is 0.397. The normalized spacial score (nSPS) is 12.5. The zero-order valence-corrected chi connectivity index (χ0v) is 12.4. The fraction of sp³-hybridized carbons (Fsp3) is 0.250. The van der Waals surface area contributed by atoms with E-state index in [0.29, 0.717) is 15.9 Å². The number of methoxy groups -OCH3 is 1. The molecule has 2 aromatic rings. The first-order chi connectivity index (χ1) is 9.49. The smallest absolute Gasteiger partial charge is 0.161 e. The minimum absolute atomic E-state index is 0.197. The van der Waals surface area contributed by atoms with Crippen molar-refractivity contribution in [1.82, 2.24) is 15.2 Å². The van der Waals surface area contributed by atoms with Crippen molar-refractivity contribution >= 4 is 15.9 Å². The Morgan fingerprint density at radius 3 is 2.50 bits per heavy atom. The Kier molecular flexibility index (Phi) is 4.36. The largest absolute Gasteiger partial charge is 0.493 e. The third-order valence-corrected chi connectivity index (χ3v) is 3.40. The van der Waals surface area contributed by atoms with E-state index in [4.69, 9.17) is 10.6 Å². The first-order valence-electron chi connectivity index (χ1n) is 5.66. The maximum atomic E-state index is 14.1. The molecule has 1 aromatic heterocycles. The average Bonchev–Trinajstić information content (AvgIpc) is 2.74. The third-order valence-electron chi connectivity index (χ3n) is 2.94. The van der Waals surface area contributed by atoms with Crippen molar-refractivity contribution in [2.45, 2.75) is 6.04 Å². The van der Waals surface area contributed by atoms with Gasteiger partial charge in [0.2, 0.25) is 0 Å². The first kappa shape index (κ1) is 14.9. The second-order valence-corrected chi connectivity index (χ2v) is 5.02. The zero-order valence-electron chi connectivity index (χ0n) is 10.8. The molecule has 0 bridgehead atoms. The lowest BCUT2D eigenvalue weighted by atomic mass is 10.0. The Morgan fingerprint density at radius 1 is 1.40 bits per heavy atom. The first-order valence-corrected chi connectivity index (χ1v) is 6.45. The molecule has 2 rings (SSSR count). The van der Waals surface area contributed by atoms with Gasteiger partial charge in [0.15, 0.2) is 5.75 Å². The van der Waals surface area contributed by atoms with Crippen molar-refractivity contribution in [3.05, 3.63) is 45.7 Å². The van der Waals surface area contributed by atoms with Gasteiger partial charge in [-0.15, -0.1) is 0 Å². The monoisotopic (exact) mass is 346 g/mol. The van der Waals surface area contributed by atoms with Crippen LogP contribution in [0.15, 0.2) is 22.8 Å². The van der Waals surface area contributed by atoms with Gasteiger partial charge in [0.1, 0.15) is 17.3 Å². The third kappa shape index (κ3) is 2.54. The number of aromatic nitrogens is 2. The molecule has 1 heterocycles. The summed E-state index contributed by atoms with van der Waals surface area (Å²) in [6.45, 7) is 0. The molecule has 5 nitrogen and oxygen atoms in total. The van der Waals surface area contributed by atoms with E-state index in [9.17, 15) is 8.78 Å². The topological polar surface area (TPSA) is 65.1 Å². The zero-order chi connectivity index (χ0) is 14.9. The summed E-state index contributed by atoms with van der Waals surface area (Å²) in [7, 11) is 3.08. The SMILES string of the molecule is COc1cnn(C)c1C(NN)c1c(F)cc(Br)cc1F. The highest BCUT2D eigenvalue weighted by molar-refractivity contribution is 9.10. The number of nitrogens with two attached hydrogens (primary N) is 1. The molecular formula is C12H13BrF2N4O. The van der Waals surface area contributed by atoms with Crippen LogP contribution in [0.3, 0.4) is 0 Å². The predicted octanol–water partition coefficient (Wildman–Crippen LogP) is 2.02. The Bertz CT molecular complexity index is 609. The Balaban J connectivity index is 2.61. The average molecular weight is 347 g/mol. The molecule has 1 aromatic carbocycles. The van der Waals surface area contributed by atoms with E-state index in [0.717, 1.165) is 0 Å². The number of hydrogen-bond acceptors (Lipinski definition) is 4. The summed E-state index contributed by atoms with van der Waals surface area (Å²) in [5, 5.41) is 4.00. The molecule has 0 saturated heterocycles.